The molecule has 2 atom stereocenters. The van der Waals surface area contributed by atoms with Crippen molar-refractivity contribution >= 4 is 23.8 Å². The summed E-state index contributed by atoms with van der Waals surface area (Å²) in [7, 11) is 0. The number of carboxylic acids is 1. The number of hydrogen-bond acceptors (Lipinski definition) is 3. The molecule has 6 heteroatoms. The maximum atomic E-state index is 13.0. The minimum absolute atomic E-state index is 0.0637. The Bertz CT molecular complexity index is 435. The van der Waals surface area contributed by atoms with Gasteiger partial charge in [0.15, 0.2) is 0 Å². The van der Waals surface area contributed by atoms with Gasteiger partial charge in [-0.05, 0) is 51.4 Å². The van der Waals surface area contributed by atoms with Gasteiger partial charge in [-0.15, -0.1) is 11.8 Å². The molecule has 3 fully saturated rings. The number of amides is 2. The van der Waals surface area contributed by atoms with Crippen molar-refractivity contribution in [2.24, 2.45) is 11.8 Å². The molecule has 0 bridgehead atoms. The Morgan fingerprint density at radius 1 is 1.29 bits per heavy atom. The van der Waals surface area contributed by atoms with Crippen LogP contribution in [0.25, 0.3) is 0 Å². The molecule has 1 saturated heterocycles. The lowest BCUT2D eigenvalue weighted by atomic mass is 10.2. The fraction of sp³-hybridized carbons (Fsp3) is 0.867. The first-order chi connectivity index (χ1) is 9.99. The molecule has 2 amide bonds. The highest BCUT2D eigenvalue weighted by Crippen LogP contribution is 2.46. The molecule has 1 heterocycles. The normalized spacial score (nSPS) is 29.0. The highest BCUT2D eigenvalue weighted by atomic mass is 32.2. The average Bonchev–Trinajstić information content (AvgIpc) is 3.33. The van der Waals surface area contributed by atoms with Crippen LogP contribution < -0.4 is 0 Å². The van der Waals surface area contributed by atoms with Crippen LogP contribution >= 0.6 is 11.8 Å². The number of hydrogen-bond donors (Lipinski definition) is 1. The summed E-state index contributed by atoms with van der Waals surface area (Å²) in [6.07, 6.45) is 4.63. The maximum absolute atomic E-state index is 13.0. The number of carboxylic acid groups (broad SMARTS) is 1. The second-order valence-electron chi connectivity index (χ2n) is 6.79. The van der Waals surface area contributed by atoms with Crippen molar-refractivity contribution in [1.82, 2.24) is 9.80 Å². The zero-order valence-corrected chi connectivity index (χ0v) is 13.5. The number of nitrogens with zero attached hydrogens (tertiary/aromatic N) is 2. The van der Waals surface area contributed by atoms with E-state index in [1.807, 2.05) is 18.7 Å². The summed E-state index contributed by atoms with van der Waals surface area (Å²) in [6, 6.07) is -0.599. The number of aliphatic carboxylic acids is 1. The molecule has 1 N–H and O–H groups in total. The van der Waals surface area contributed by atoms with Gasteiger partial charge in [0.1, 0.15) is 6.04 Å². The van der Waals surface area contributed by atoms with E-state index in [4.69, 9.17) is 0 Å². The highest BCUT2D eigenvalue weighted by molar-refractivity contribution is 8.00. The summed E-state index contributed by atoms with van der Waals surface area (Å²) in [4.78, 5) is 28.0. The Labute approximate surface area is 130 Å². The molecule has 3 aliphatic rings. The highest BCUT2D eigenvalue weighted by Gasteiger charge is 2.49. The van der Waals surface area contributed by atoms with Gasteiger partial charge in [-0.2, -0.15) is 0 Å². The molecule has 5 nitrogen and oxygen atoms in total. The zero-order chi connectivity index (χ0) is 15.1. The lowest BCUT2D eigenvalue weighted by molar-refractivity contribution is -0.141. The lowest BCUT2D eigenvalue weighted by Crippen LogP contribution is -2.54. The molecule has 1 aliphatic heterocycles. The molecule has 3 rings (SSSR count). The van der Waals surface area contributed by atoms with E-state index >= 15 is 0 Å². The van der Waals surface area contributed by atoms with Crippen LogP contribution in [-0.4, -0.2) is 56.7 Å². The summed E-state index contributed by atoms with van der Waals surface area (Å²) in [6.45, 7) is 4.82. The third kappa shape index (κ3) is 3.15. The SMILES string of the molecule is CC(C)N(CC1CC1)C(=O)N1C(C(=O)O)CSC1C1CC1. The minimum Gasteiger partial charge on any atom is -0.480 e. The quantitative estimate of drug-likeness (QED) is 0.847. The molecular formula is C15H24N2O3S. The van der Waals surface area contributed by atoms with E-state index in [2.05, 4.69) is 0 Å². The third-order valence-electron chi connectivity index (χ3n) is 4.59. The Morgan fingerprint density at radius 2 is 1.95 bits per heavy atom. The number of urea groups is 1. The van der Waals surface area contributed by atoms with E-state index in [-0.39, 0.29) is 17.4 Å². The van der Waals surface area contributed by atoms with Crippen molar-refractivity contribution in [3.63, 3.8) is 0 Å². The molecule has 0 spiro atoms. The van der Waals surface area contributed by atoms with E-state index in [9.17, 15) is 14.7 Å². The summed E-state index contributed by atoms with van der Waals surface area (Å²) in [5.41, 5.74) is 0. The number of thioether (sulfide) groups is 1. The fourth-order valence-corrected chi connectivity index (χ4v) is 4.57. The monoisotopic (exact) mass is 312 g/mol. The lowest BCUT2D eigenvalue weighted by Gasteiger charge is -2.35. The fourth-order valence-electron chi connectivity index (χ4n) is 2.94. The van der Waals surface area contributed by atoms with Crippen LogP contribution in [0.3, 0.4) is 0 Å². The number of carbonyl (C=O) groups is 2. The van der Waals surface area contributed by atoms with Gasteiger partial charge in [-0.25, -0.2) is 9.59 Å². The van der Waals surface area contributed by atoms with E-state index in [1.165, 1.54) is 12.8 Å². The van der Waals surface area contributed by atoms with Crippen molar-refractivity contribution < 1.29 is 14.7 Å². The van der Waals surface area contributed by atoms with Crippen LogP contribution in [0.4, 0.5) is 4.79 Å². The van der Waals surface area contributed by atoms with E-state index < -0.39 is 12.0 Å². The van der Waals surface area contributed by atoms with Crippen LogP contribution in [0, 0.1) is 11.8 Å². The summed E-state index contributed by atoms with van der Waals surface area (Å²) in [5, 5.41) is 9.51. The largest absolute Gasteiger partial charge is 0.480 e. The summed E-state index contributed by atoms with van der Waals surface area (Å²) >= 11 is 1.65. The van der Waals surface area contributed by atoms with Crippen molar-refractivity contribution in [3.8, 4) is 0 Å². The van der Waals surface area contributed by atoms with E-state index in [0.717, 1.165) is 19.4 Å². The van der Waals surface area contributed by atoms with Gasteiger partial charge in [0.2, 0.25) is 0 Å². The van der Waals surface area contributed by atoms with Crippen LogP contribution in [0.2, 0.25) is 0 Å². The molecule has 0 aromatic rings. The molecule has 2 unspecified atom stereocenters. The Kier molecular flexibility index (Phi) is 4.08. The third-order valence-corrected chi connectivity index (χ3v) is 6.05. The van der Waals surface area contributed by atoms with Crippen molar-refractivity contribution in [3.05, 3.63) is 0 Å². The first-order valence-electron chi connectivity index (χ1n) is 7.92. The summed E-state index contributed by atoms with van der Waals surface area (Å²) in [5.74, 6) is 0.777. The van der Waals surface area contributed by atoms with Gasteiger partial charge in [0.05, 0.1) is 5.37 Å². The van der Waals surface area contributed by atoms with Crippen LogP contribution in [0.1, 0.15) is 39.5 Å². The Balaban J connectivity index is 1.78. The topological polar surface area (TPSA) is 60.9 Å². The van der Waals surface area contributed by atoms with Gasteiger partial charge in [0.25, 0.3) is 0 Å². The predicted octanol–water partition coefficient (Wildman–Crippen LogP) is 2.46. The molecule has 118 valence electrons. The van der Waals surface area contributed by atoms with Crippen molar-refractivity contribution in [2.45, 2.75) is 57.0 Å². The molecule has 0 radical (unpaired) electrons. The predicted molar refractivity (Wildman–Crippen MR) is 82.2 cm³/mol. The first-order valence-corrected chi connectivity index (χ1v) is 8.97. The molecular weight excluding hydrogens is 288 g/mol. The maximum Gasteiger partial charge on any atom is 0.327 e. The molecule has 0 aromatic heterocycles. The van der Waals surface area contributed by atoms with Gasteiger partial charge in [-0.3, -0.25) is 4.90 Å². The smallest absolute Gasteiger partial charge is 0.327 e. The van der Waals surface area contributed by atoms with E-state index in [0.29, 0.717) is 17.6 Å². The van der Waals surface area contributed by atoms with Gasteiger partial charge in [0, 0.05) is 18.3 Å². The zero-order valence-electron chi connectivity index (χ0n) is 12.7. The number of rotatable bonds is 5. The first kappa shape index (κ1) is 15.0. The Morgan fingerprint density at radius 3 is 2.43 bits per heavy atom. The molecule has 21 heavy (non-hydrogen) atoms. The van der Waals surface area contributed by atoms with E-state index in [1.54, 1.807) is 16.7 Å². The van der Waals surface area contributed by atoms with Gasteiger partial charge >= 0.3 is 12.0 Å². The van der Waals surface area contributed by atoms with Crippen LogP contribution in [0.5, 0.6) is 0 Å². The molecule has 2 aliphatic carbocycles. The van der Waals surface area contributed by atoms with Gasteiger partial charge < -0.3 is 10.0 Å². The Hall–Kier alpha value is -0.910. The standard InChI is InChI=1S/C15H24N2O3S/c1-9(2)16(7-10-3-4-10)15(20)17-12(14(18)19)8-21-13(17)11-5-6-11/h9-13H,3-8H2,1-2H3,(H,18,19). The molecule has 0 aromatic carbocycles. The second-order valence-corrected chi connectivity index (χ2v) is 7.94. The molecule has 2 saturated carbocycles. The second kappa shape index (κ2) is 5.71. The minimum atomic E-state index is -0.867. The van der Waals surface area contributed by atoms with Crippen molar-refractivity contribution in [1.29, 1.82) is 0 Å². The van der Waals surface area contributed by atoms with Crippen molar-refractivity contribution in [2.75, 3.05) is 12.3 Å². The van der Waals surface area contributed by atoms with Gasteiger partial charge in [-0.1, -0.05) is 0 Å². The van der Waals surface area contributed by atoms with Crippen LogP contribution in [0.15, 0.2) is 0 Å². The number of carbonyl (C=O) groups excluding carboxylic acids is 1. The van der Waals surface area contributed by atoms with Crippen LogP contribution in [-0.2, 0) is 4.79 Å². The average molecular weight is 312 g/mol. The summed E-state index contributed by atoms with van der Waals surface area (Å²) < 4.78 is 0.